The molecule has 3 rings (SSSR count). The second kappa shape index (κ2) is 11.4. The van der Waals surface area contributed by atoms with Crippen molar-refractivity contribution in [3.63, 3.8) is 0 Å². The summed E-state index contributed by atoms with van der Waals surface area (Å²) in [6.45, 7) is -0.513. The molecule has 2 aromatic carbocycles. The fourth-order valence-corrected chi connectivity index (χ4v) is 3.56. The van der Waals surface area contributed by atoms with Gasteiger partial charge in [0.05, 0.1) is 12.2 Å². The molecule has 31 heavy (non-hydrogen) atoms. The van der Waals surface area contributed by atoms with Crippen LogP contribution in [0.2, 0.25) is 0 Å². The molecule has 1 aliphatic rings. The smallest absolute Gasteiger partial charge is 0.387 e. The van der Waals surface area contributed by atoms with Gasteiger partial charge in [0.15, 0.2) is 0 Å². The molecular weight excluding hydrogens is 404 g/mol. The summed E-state index contributed by atoms with van der Waals surface area (Å²) in [4.78, 5) is 28.6. The Balaban J connectivity index is 1.39. The quantitative estimate of drug-likeness (QED) is 0.661. The number of nitrogens with zero attached hydrogens (tertiary/aromatic N) is 2. The SMILES string of the molecule is O=C(CN1CCN(C(=O)CCCc2ccccc2)CC1)Nc1ccccc1OC(F)F. The van der Waals surface area contributed by atoms with Crippen LogP contribution in [0.5, 0.6) is 5.75 Å². The summed E-state index contributed by atoms with van der Waals surface area (Å²) < 4.78 is 29.4. The van der Waals surface area contributed by atoms with Crippen molar-refractivity contribution >= 4 is 17.5 Å². The number of piperazine rings is 1. The van der Waals surface area contributed by atoms with Crippen LogP contribution >= 0.6 is 0 Å². The predicted molar refractivity (Wildman–Crippen MR) is 114 cm³/mol. The molecule has 2 aromatic rings. The number of alkyl halides is 2. The van der Waals surface area contributed by atoms with Gasteiger partial charge in [0.25, 0.3) is 0 Å². The van der Waals surface area contributed by atoms with Crippen molar-refractivity contribution < 1.29 is 23.1 Å². The number of para-hydroxylation sites is 2. The van der Waals surface area contributed by atoms with Crippen LogP contribution in [-0.4, -0.2) is 60.9 Å². The van der Waals surface area contributed by atoms with E-state index in [0.717, 1.165) is 12.8 Å². The van der Waals surface area contributed by atoms with E-state index in [1.54, 1.807) is 12.1 Å². The Hall–Kier alpha value is -3.00. The molecule has 6 nitrogen and oxygen atoms in total. The van der Waals surface area contributed by atoms with Gasteiger partial charge in [0.1, 0.15) is 5.75 Å². The van der Waals surface area contributed by atoms with Gasteiger partial charge in [0.2, 0.25) is 11.8 Å². The summed E-state index contributed by atoms with van der Waals surface area (Å²) in [6.07, 6.45) is 2.20. The van der Waals surface area contributed by atoms with Crippen molar-refractivity contribution in [3.05, 3.63) is 60.2 Å². The van der Waals surface area contributed by atoms with Gasteiger partial charge >= 0.3 is 6.61 Å². The lowest BCUT2D eigenvalue weighted by molar-refractivity contribution is -0.133. The number of hydrogen-bond acceptors (Lipinski definition) is 4. The molecule has 0 bridgehead atoms. The molecule has 0 radical (unpaired) electrons. The van der Waals surface area contributed by atoms with Crippen LogP contribution in [0.4, 0.5) is 14.5 Å². The van der Waals surface area contributed by atoms with Gasteiger partial charge in [-0.25, -0.2) is 0 Å². The molecule has 0 unspecified atom stereocenters. The van der Waals surface area contributed by atoms with Gasteiger partial charge < -0.3 is 15.0 Å². The summed E-state index contributed by atoms with van der Waals surface area (Å²) in [7, 11) is 0. The molecule has 0 saturated carbocycles. The molecule has 1 heterocycles. The highest BCUT2D eigenvalue weighted by Crippen LogP contribution is 2.25. The van der Waals surface area contributed by atoms with Crippen molar-refractivity contribution in [3.8, 4) is 5.75 Å². The lowest BCUT2D eigenvalue weighted by Crippen LogP contribution is -2.50. The van der Waals surface area contributed by atoms with E-state index in [9.17, 15) is 18.4 Å². The second-order valence-corrected chi connectivity index (χ2v) is 7.42. The van der Waals surface area contributed by atoms with E-state index in [0.29, 0.717) is 32.6 Å². The third-order valence-electron chi connectivity index (χ3n) is 5.17. The van der Waals surface area contributed by atoms with Gasteiger partial charge in [-0.3, -0.25) is 14.5 Å². The zero-order valence-corrected chi connectivity index (χ0v) is 17.3. The van der Waals surface area contributed by atoms with Crippen molar-refractivity contribution in [2.75, 3.05) is 38.0 Å². The van der Waals surface area contributed by atoms with E-state index in [1.807, 2.05) is 28.0 Å². The molecule has 8 heteroatoms. The number of halogens is 2. The topological polar surface area (TPSA) is 61.9 Å². The van der Waals surface area contributed by atoms with E-state index in [4.69, 9.17) is 0 Å². The maximum Gasteiger partial charge on any atom is 0.387 e. The molecule has 2 amide bonds. The fourth-order valence-electron chi connectivity index (χ4n) is 3.56. The van der Waals surface area contributed by atoms with Crippen LogP contribution in [-0.2, 0) is 16.0 Å². The maximum absolute atomic E-state index is 12.5. The third kappa shape index (κ3) is 7.32. The first-order valence-corrected chi connectivity index (χ1v) is 10.4. The zero-order chi connectivity index (χ0) is 22.1. The number of benzene rings is 2. The minimum absolute atomic E-state index is 0.0724. The largest absolute Gasteiger partial charge is 0.433 e. The lowest BCUT2D eigenvalue weighted by Gasteiger charge is -2.34. The Morgan fingerprint density at radius 2 is 1.65 bits per heavy atom. The summed E-state index contributed by atoms with van der Waals surface area (Å²) in [6, 6.07) is 16.2. The van der Waals surface area contributed by atoms with Crippen LogP contribution in [0.25, 0.3) is 0 Å². The number of carbonyl (C=O) groups is 2. The second-order valence-electron chi connectivity index (χ2n) is 7.42. The molecule has 166 valence electrons. The monoisotopic (exact) mass is 431 g/mol. The molecular formula is C23H27F2N3O3. The Bertz CT molecular complexity index is 856. The highest BCUT2D eigenvalue weighted by atomic mass is 19.3. The molecule has 1 fully saturated rings. The summed E-state index contributed by atoms with van der Waals surface area (Å²) >= 11 is 0. The van der Waals surface area contributed by atoms with Crippen LogP contribution < -0.4 is 10.1 Å². The number of rotatable bonds is 9. The Morgan fingerprint density at radius 1 is 0.968 bits per heavy atom. The van der Waals surface area contributed by atoms with Crippen LogP contribution in [0, 0.1) is 0 Å². The average molecular weight is 431 g/mol. The number of nitrogens with one attached hydrogen (secondary N) is 1. The molecule has 1 saturated heterocycles. The highest BCUT2D eigenvalue weighted by Gasteiger charge is 2.22. The van der Waals surface area contributed by atoms with Crippen LogP contribution in [0.15, 0.2) is 54.6 Å². The van der Waals surface area contributed by atoms with E-state index >= 15 is 0 Å². The van der Waals surface area contributed by atoms with Crippen molar-refractivity contribution in [2.24, 2.45) is 0 Å². The van der Waals surface area contributed by atoms with Crippen LogP contribution in [0.3, 0.4) is 0 Å². The Morgan fingerprint density at radius 3 is 2.35 bits per heavy atom. The minimum Gasteiger partial charge on any atom is -0.433 e. The van der Waals surface area contributed by atoms with Gasteiger partial charge in [-0.15, -0.1) is 0 Å². The number of hydrogen-bond donors (Lipinski definition) is 1. The molecule has 0 spiro atoms. The first-order valence-electron chi connectivity index (χ1n) is 10.4. The predicted octanol–water partition coefficient (Wildman–Crippen LogP) is 3.39. The maximum atomic E-state index is 12.5. The fraction of sp³-hybridized carbons (Fsp3) is 0.391. The first-order chi connectivity index (χ1) is 15.0. The lowest BCUT2D eigenvalue weighted by atomic mass is 10.1. The zero-order valence-electron chi connectivity index (χ0n) is 17.3. The third-order valence-corrected chi connectivity index (χ3v) is 5.17. The van der Waals surface area contributed by atoms with E-state index in [-0.39, 0.29) is 29.8 Å². The summed E-state index contributed by atoms with van der Waals surface area (Å²) in [5.74, 6) is -0.247. The van der Waals surface area contributed by atoms with Gasteiger partial charge in [0, 0.05) is 32.6 Å². The molecule has 0 aromatic heterocycles. The van der Waals surface area contributed by atoms with Crippen molar-refractivity contribution in [1.82, 2.24) is 9.80 Å². The number of carbonyl (C=O) groups excluding carboxylic acids is 2. The van der Waals surface area contributed by atoms with Crippen LogP contribution in [0.1, 0.15) is 18.4 Å². The average Bonchev–Trinajstić information content (AvgIpc) is 2.76. The van der Waals surface area contributed by atoms with Gasteiger partial charge in [-0.05, 0) is 30.5 Å². The standard InChI is InChI=1S/C23H27F2N3O3/c24-23(25)31-20-11-5-4-10-19(20)26-21(29)17-27-13-15-28(16-14-27)22(30)12-6-9-18-7-2-1-3-8-18/h1-5,7-8,10-11,23H,6,9,12-17H2,(H,26,29). The van der Waals surface area contributed by atoms with Crippen molar-refractivity contribution in [1.29, 1.82) is 0 Å². The van der Waals surface area contributed by atoms with E-state index < -0.39 is 6.61 Å². The molecule has 1 aliphatic heterocycles. The number of aryl methyl sites for hydroxylation is 1. The number of anilines is 1. The van der Waals surface area contributed by atoms with E-state index in [1.165, 1.54) is 17.7 Å². The van der Waals surface area contributed by atoms with E-state index in [2.05, 4.69) is 22.2 Å². The van der Waals surface area contributed by atoms with Crippen molar-refractivity contribution in [2.45, 2.75) is 25.9 Å². The van der Waals surface area contributed by atoms with Gasteiger partial charge in [-0.1, -0.05) is 42.5 Å². The Kier molecular flexibility index (Phi) is 8.35. The summed E-state index contributed by atoms with van der Waals surface area (Å²) in [5.41, 5.74) is 1.44. The molecule has 0 atom stereocenters. The summed E-state index contributed by atoms with van der Waals surface area (Å²) in [5, 5.41) is 2.62. The number of amides is 2. The highest BCUT2D eigenvalue weighted by molar-refractivity contribution is 5.93. The number of ether oxygens (including phenoxy) is 1. The molecule has 1 N–H and O–H groups in total. The van der Waals surface area contributed by atoms with Gasteiger partial charge in [-0.2, -0.15) is 8.78 Å². The first kappa shape index (κ1) is 22.7. The normalized spacial score (nSPS) is 14.5. The Labute approximate surface area is 180 Å². The molecule has 0 aliphatic carbocycles. The minimum atomic E-state index is -2.96.